The maximum absolute atomic E-state index is 5.70. The van der Waals surface area contributed by atoms with Gasteiger partial charge in [0.15, 0.2) is 0 Å². The fraction of sp³-hybridized carbons (Fsp3) is 1.00. The summed E-state index contributed by atoms with van der Waals surface area (Å²) in [6.45, 7) is 6.79. The molecular weight excluding hydrogens is 280 g/mol. The summed E-state index contributed by atoms with van der Waals surface area (Å²) in [7, 11) is 0. The largest absolute Gasteiger partial charge is 0.378 e. The highest BCUT2D eigenvalue weighted by atomic mass is 32.2. The van der Waals surface area contributed by atoms with Crippen LogP contribution >= 0.6 is 11.8 Å². The first-order valence-electron chi connectivity index (χ1n) is 9.12. The molecule has 0 aromatic rings. The van der Waals surface area contributed by atoms with Crippen molar-refractivity contribution in [2.75, 3.05) is 13.2 Å². The number of ether oxygens (including phenoxy) is 2. The molecular formula is C18H34O2S. The van der Waals surface area contributed by atoms with E-state index in [9.17, 15) is 0 Å². The van der Waals surface area contributed by atoms with E-state index in [1.807, 2.05) is 0 Å². The van der Waals surface area contributed by atoms with E-state index in [0.717, 1.165) is 23.7 Å². The highest BCUT2D eigenvalue weighted by Crippen LogP contribution is 2.27. The van der Waals surface area contributed by atoms with Gasteiger partial charge in [-0.3, -0.25) is 0 Å². The van der Waals surface area contributed by atoms with Crippen LogP contribution in [0.2, 0.25) is 0 Å². The molecule has 124 valence electrons. The molecule has 2 aliphatic rings. The molecule has 0 aromatic carbocycles. The highest BCUT2D eigenvalue weighted by Gasteiger charge is 2.17. The van der Waals surface area contributed by atoms with E-state index in [1.54, 1.807) is 0 Å². The van der Waals surface area contributed by atoms with E-state index >= 15 is 0 Å². The quantitative estimate of drug-likeness (QED) is 0.552. The Morgan fingerprint density at radius 3 is 1.71 bits per heavy atom. The fourth-order valence-electron chi connectivity index (χ4n) is 3.54. The molecule has 0 aromatic heterocycles. The molecule has 2 aliphatic heterocycles. The minimum Gasteiger partial charge on any atom is -0.378 e. The third-order valence-corrected chi connectivity index (χ3v) is 6.19. The van der Waals surface area contributed by atoms with Gasteiger partial charge in [-0.1, -0.05) is 13.8 Å². The SMILES string of the molecule is CC(CCCC1CCCO1)SC(C)CCCC1CCCO1. The second kappa shape index (κ2) is 10.1. The minimum atomic E-state index is 0.575. The molecule has 0 saturated carbocycles. The van der Waals surface area contributed by atoms with Crippen LogP contribution in [-0.2, 0) is 9.47 Å². The maximum atomic E-state index is 5.70. The molecule has 2 fully saturated rings. The Kier molecular flexibility index (Phi) is 8.49. The smallest absolute Gasteiger partial charge is 0.0576 e. The summed E-state index contributed by atoms with van der Waals surface area (Å²) >= 11 is 2.18. The zero-order valence-electron chi connectivity index (χ0n) is 14.0. The molecule has 2 heterocycles. The van der Waals surface area contributed by atoms with Crippen molar-refractivity contribution in [3.05, 3.63) is 0 Å². The summed E-state index contributed by atoms with van der Waals surface area (Å²) in [5, 5.41) is 1.59. The molecule has 0 aliphatic carbocycles. The van der Waals surface area contributed by atoms with E-state index in [2.05, 4.69) is 25.6 Å². The molecule has 2 saturated heterocycles. The summed E-state index contributed by atoms with van der Waals surface area (Å²) in [5.41, 5.74) is 0. The molecule has 4 atom stereocenters. The van der Waals surface area contributed by atoms with Crippen LogP contribution < -0.4 is 0 Å². The molecule has 0 spiro atoms. The number of rotatable bonds is 10. The van der Waals surface area contributed by atoms with Crippen molar-refractivity contribution in [2.24, 2.45) is 0 Å². The lowest BCUT2D eigenvalue weighted by Gasteiger charge is -2.18. The zero-order valence-corrected chi connectivity index (χ0v) is 14.8. The van der Waals surface area contributed by atoms with Crippen molar-refractivity contribution in [3.63, 3.8) is 0 Å². The van der Waals surface area contributed by atoms with Gasteiger partial charge in [-0.2, -0.15) is 11.8 Å². The molecule has 2 rings (SSSR count). The molecule has 3 heteroatoms. The van der Waals surface area contributed by atoms with Gasteiger partial charge in [0.05, 0.1) is 12.2 Å². The summed E-state index contributed by atoms with van der Waals surface area (Å²) in [5.74, 6) is 0. The topological polar surface area (TPSA) is 18.5 Å². The average Bonchev–Trinajstić information content (AvgIpc) is 3.11. The predicted octanol–water partition coefficient (Wildman–Crippen LogP) is 5.20. The Morgan fingerprint density at radius 2 is 1.33 bits per heavy atom. The lowest BCUT2D eigenvalue weighted by Crippen LogP contribution is -2.10. The fourth-order valence-corrected chi connectivity index (χ4v) is 4.94. The number of hydrogen-bond donors (Lipinski definition) is 0. The van der Waals surface area contributed by atoms with Gasteiger partial charge in [0.2, 0.25) is 0 Å². The first-order chi connectivity index (χ1) is 10.2. The van der Waals surface area contributed by atoms with Crippen LogP contribution in [0.3, 0.4) is 0 Å². The Morgan fingerprint density at radius 1 is 0.857 bits per heavy atom. The van der Waals surface area contributed by atoms with E-state index in [0.29, 0.717) is 12.2 Å². The Bertz CT molecular complexity index is 234. The monoisotopic (exact) mass is 314 g/mol. The van der Waals surface area contributed by atoms with Crippen molar-refractivity contribution in [2.45, 2.75) is 101 Å². The highest BCUT2D eigenvalue weighted by molar-refractivity contribution is 8.00. The second-order valence-corrected chi connectivity index (χ2v) is 8.77. The third kappa shape index (κ3) is 7.38. The second-order valence-electron chi connectivity index (χ2n) is 6.89. The predicted molar refractivity (Wildman–Crippen MR) is 92.2 cm³/mol. The van der Waals surface area contributed by atoms with Gasteiger partial charge in [-0.05, 0) is 64.2 Å². The number of hydrogen-bond acceptors (Lipinski definition) is 3. The molecule has 0 bridgehead atoms. The van der Waals surface area contributed by atoms with Crippen molar-refractivity contribution < 1.29 is 9.47 Å². The summed E-state index contributed by atoms with van der Waals surface area (Å²) in [6.07, 6.45) is 14.2. The Balaban J connectivity index is 1.45. The lowest BCUT2D eigenvalue weighted by molar-refractivity contribution is 0.102. The molecule has 0 amide bonds. The van der Waals surface area contributed by atoms with E-state index in [1.165, 1.54) is 64.2 Å². The van der Waals surface area contributed by atoms with Crippen LogP contribution in [0.15, 0.2) is 0 Å². The Hall–Kier alpha value is 0.270. The standard InChI is InChI=1S/C18H34O2S/c1-15(7-3-9-17-11-5-13-19-17)21-16(2)8-4-10-18-12-6-14-20-18/h15-18H,3-14H2,1-2H3. The molecule has 4 unspecified atom stereocenters. The van der Waals surface area contributed by atoms with Gasteiger partial charge in [0, 0.05) is 23.7 Å². The zero-order chi connectivity index (χ0) is 14.9. The average molecular weight is 315 g/mol. The van der Waals surface area contributed by atoms with Gasteiger partial charge in [-0.25, -0.2) is 0 Å². The third-order valence-electron chi connectivity index (χ3n) is 4.79. The van der Waals surface area contributed by atoms with Gasteiger partial charge in [0.25, 0.3) is 0 Å². The summed E-state index contributed by atoms with van der Waals surface area (Å²) < 4.78 is 11.4. The van der Waals surface area contributed by atoms with Crippen LogP contribution in [0, 0.1) is 0 Å². The van der Waals surface area contributed by atoms with Gasteiger partial charge < -0.3 is 9.47 Å². The molecule has 2 nitrogen and oxygen atoms in total. The van der Waals surface area contributed by atoms with Crippen LogP contribution in [0.25, 0.3) is 0 Å². The minimum absolute atomic E-state index is 0.575. The Labute approximate surface area is 135 Å². The van der Waals surface area contributed by atoms with Crippen molar-refractivity contribution in [3.8, 4) is 0 Å². The molecule has 0 N–H and O–H groups in total. The van der Waals surface area contributed by atoms with Crippen LogP contribution in [0.4, 0.5) is 0 Å². The molecule has 21 heavy (non-hydrogen) atoms. The van der Waals surface area contributed by atoms with Crippen molar-refractivity contribution in [1.29, 1.82) is 0 Å². The maximum Gasteiger partial charge on any atom is 0.0576 e. The first-order valence-corrected chi connectivity index (χ1v) is 10.1. The lowest BCUT2D eigenvalue weighted by atomic mass is 10.1. The normalized spacial score (nSPS) is 28.9. The number of thioether (sulfide) groups is 1. The first kappa shape index (κ1) is 17.6. The summed E-state index contributed by atoms with van der Waals surface area (Å²) in [6, 6.07) is 0. The van der Waals surface area contributed by atoms with Crippen LogP contribution in [-0.4, -0.2) is 35.9 Å². The van der Waals surface area contributed by atoms with E-state index < -0.39 is 0 Å². The van der Waals surface area contributed by atoms with Crippen LogP contribution in [0.1, 0.15) is 78.1 Å². The van der Waals surface area contributed by atoms with Crippen molar-refractivity contribution in [1.82, 2.24) is 0 Å². The van der Waals surface area contributed by atoms with E-state index in [-0.39, 0.29) is 0 Å². The molecule has 0 radical (unpaired) electrons. The van der Waals surface area contributed by atoms with Gasteiger partial charge in [0.1, 0.15) is 0 Å². The van der Waals surface area contributed by atoms with Gasteiger partial charge in [-0.15, -0.1) is 0 Å². The van der Waals surface area contributed by atoms with Crippen LogP contribution in [0.5, 0.6) is 0 Å². The van der Waals surface area contributed by atoms with Gasteiger partial charge >= 0.3 is 0 Å². The van der Waals surface area contributed by atoms with Crippen molar-refractivity contribution >= 4 is 11.8 Å². The van der Waals surface area contributed by atoms with E-state index in [4.69, 9.17) is 9.47 Å². The summed E-state index contributed by atoms with van der Waals surface area (Å²) in [4.78, 5) is 0.